The van der Waals surface area contributed by atoms with Crippen LogP contribution in [0.5, 0.6) is 0 Å². The maximum Gasteiger partial charge on any atom is 0.333 e. The van der Waals surface area contributed by atoms with Crippen LogP contribution in [0.25, 0.3) is 6.08 Å². The van der Waals surface area contributed by atoms with Crippen LogP contribution < -0.4 is 0 Å². The number of hydrogen-bond donors (Lipinski definition) is 0. The number of halogens is 3. The molecule has 1 amide bonds. The van der Waals surface area contributed by atoms with Gasteiger partial charge in [0.05, 0.1) is 6.61 Å². The summed E-state index contributed by atoms with van der Waals surface area (Å²) in [5, 5.41) is 0.518. The van der Waals surface area contributed by atoms with Gasteiger partial charge in [0, 0.05) is 18.1 Å². The normalized spacial score (nSPS) is 12.0. The fourth-order valence-electron chi connectivity index (χ4n) is 2.44. The number of esters is 1. The van der Waals surface area contributed by atoms with Gasteiger partial charge in [-0.15, -0.1) is 0 Å². The molecule has 0 saturated carbocycles. The number of carbonyl (C=O) groups is 2. The lowest BCUT2D eigenvalue weighted by Crippen LogP contribution is -2.36. The van der Waals surface area contributed by atoms with Gasteiger partial charge < -0.3 is 9.64 Å². The maximum absolute atomic E-state index is 13.6. The SMILES string of the molecule is CCOC(=O)[C@H](c1ccc(F)c(F)c1)N(C)C(=O)/C=C/c1cccc(Cl)c1. The minimum Gasteiger partial charge on any atom is -0.464 e. The van der Waals surface area contributed by atoms with Crippen LogP contribution in [0.3, 0.4) is 0 Å². The van der Waals surface area contributed by atoms with Crippen molar-refractivity contribution in [1.82, 2.24) is 4.90 Å². The quantitative estimate of drug-likeness (QED) is 0.540. The van der Waals surface area contributed by atoms with Crippen LogP contribution >= 0.6 is 11.6 Å². The molecule has 0 bridgehead atoms. The highest BCUT2D eigenvalue weighted by Crippen LogP contribution is 2.24. The van der Waals surface area contributed by atoms with Gasteiger partial charge in [0.2, 0.25) is 5.91 Å². The summed E-state index contributed by atoms with van der Waals surface area (Å²) in [7, 11) is 1.38. The summed E-state index contributed by atoms with van der Waals surface area (Å²) in [5.41, 5.74) is 0.809. The van der Waals surface area contributed by atoms with Gasteiger partial charge in [0.1, 0.15) is 0 Å². The fourth-order valence-corrected chi connectivity index (χ4v) is 2.64. The Morgan fingerprint density at radius 3 is 2.56 bits per heavy atom. The molecule has 2 aromatic rings. The predicted molar refractivity (Wildman–Crippen MR) is 99.0 cm³/mol. The molecule has 27 heavy (non-hydrogen) atoms. The summed E-state index contributed by atoms with van der Waals surface area (Å²) in [6, 6.07) is 8.67. The van der Waals surface area contributed by atoms with Crippen LogP contribution in [0.1, 0.15) is 24.1 Å². The second-order valence-electron chi connectivity index (χ2n) is 5.67. The average molecular weight is 394 g/mol. The first-order chi connectivity index (χ1) is 12.8. The lowest BCUT2D eigenvalue weighted by atomic mass is 10.0. The van der Waals surface area contributed by atoms with E-state index in [1.165, 1.54) is 25.3 Å². The second-order valence-corrected chi connectivity index (χ2v) is 6.10. The zero-order chi connectivity index (χ0) is 20.0. The highest BCUT2D eigenvalue weighted by atomic mass is 35.5. The molecule has 0 aliphatic rings. The van der Waals surface area contributed by atoms with Crippen LogP contribution in [0.15, 0.2) is 48.5 Å². The van der Waals surface area contributed by atoms with Crippen molar-refractivity contribution >= 4 is 29.6 Å². The molecule has 4 nitrogen and oxygen atoms in total. The number of rotatable bonds is 6. The third-order valence-electron chi connectivity index (χ3n) is 3.77. The Balaban J connectivity index is 2.29. The van der Waals surface area contributed by atoms with E-state index in [9.17, 15) is 18.4 Å². The van der Waals surface area contributed by atoms with E-state index in [1.807, 2.05) is 0 Å². The van der Waals surface area contributed by atoms with Gasteiger partial charge in [-0.2, -0.15) is 0 Å². The van der Waals surface area contributed by atoms with E-state index in [0.29, 0.717) is 10.6 Å². The molecular formula is C20H18ClF2NO3. The number of hydrogen-bond acceptors (Lipinski definition) is 3. The Morgan fingerprint density at radius 1 is 1.19 bits per heavy atom. The highest BCUT2D eigenvalue weighted by Gasteiger charge is 2.29. The van der Waals surface area contributed by atoms with Crippen molar-refractivity contribution in [2.75, 3.05) is 13.7 Å². The maximum atomic E-state index is 13.6. The Labute approximate surface area is 161 Å². The van der Waals surface area contributed by atoms with E-state index in [2.05, 4.69) is 0 Å². The van der Waals surface area contributed by atoms with Gasteiger partial charge >= 0.3 is 5.97 Å². The van der Waals surface area contributed by atoms with E-state index in [4.69, 9.17) is 16.3 Å². The topological polar surface area (TPSA) is 46.6 Å². The van der Waals surface area contributed by atoms with Gasteiger partial charge in [0.25, 0.3) is 0 Å². The predicted octanol–water partition coefficient (Wildman–Crippen LogP) is 4.39. The summed E-state index contributed by atoms with van der Waals surface area (Å²) in [5.74, 6) is -3.42. The number of nitrogens with zero attached hydrogens (tertiary/aromatic N) is 1. The van der Waals surface area contributed by atoms with Gasteiger partial charge in [-0.1, -0.05) is 29.8 Å². The molecule has 2 rings (SSSR count). The summed E-state index contributed by atoms with van der Waals surface area (Å²) in [6.45, 7) is 1.69. The highest BCUT2D eigenvalue weighted by molar-refractivity contribution is 6.30. The Kier molecular flexibility index (Phi) is 7.07. The number of likely N-dealkylation sites (N-methyl/N-ethyl adjacent to an activating group) is 1. The van der Waals surface area contributed by atoms with Gasteiger partial charge in [-0.25, -0.2) is 13.6 Å². The summed E-state index contributed by atoms with van der Waals surface area (Å²) in [4.78, 5) is 25.9. The molecule has 0 fully saturated rings. The van der Waals surface area contributed by atoms with E-state index in [0.717, 1.165) is 17.0 Å². The minimum absolute atomic E-state index is 0.0827. The smallest absolute Gasteiger partial charge is 0.333 e. The van der Waals surface area contributed by atoms with Crippen molar-refractivity contribution in [3.8, 4) is 0 Å². The van der Waals surface area contributed by atoms with Crippen molar-refractivity contribution in [2.24, 2.45) is 0 Å². The molecule has 0 unspecified atom stereocenters. The van der Waals surface area contributed by atoms with Crippen molar-refractivity contribution in [1.29, 1.82) is 0 Å². The van der Waals surface area contributed by atoms with Gasteiger partial charge in [-0.3, -0.25) is 4.79 Å². The Morgan fingerprint density at radius 2 is 1.93 bits per heavy atom. The van der Waals surface area contributed by atoms with E-state index >= 15 is 0 Å². The second kappa shape index (κ2) is 9.28. The number of amides is 1. The Hall–Kier alpha value is -2.73. The molecular weight excluding hydrogens is 376 g/mol. The lowest BCUT2D eigenvalue weighted by molar-refractivity contribution is -0.152. The third kappa shape index (κ3) is 5.37. The first kappa shape index (κ1) is 20.6. The summed E-state index contributed by atoms with van der Waals surface area (Å²) >= 11 is 5.90. The summed E-state index contributed by atoms with van der Waals surface area (Å²) in [6.07, 6.45) is 2.80. The fraction of sp³-hybridized carbons (Fsp3) is 0.200. The molecule has 0 N–H and O–H groups in total. The molecule has 2 aromatic carbocycles. The van der Waals surface area contributed by atoms with Crippen LogP contribution in [0.2, 0.25) is 5.02 Å². The first-order valence-electron chi connectivity index (χ1n) is 8.15. The Bertz CT molecular complexity index is 870. The minimum atomic E-state index is -1.21. The number of ether oxygens (including phenoxy) is 1. The van der Waals surface area contributed by atoms with Crippen LogP contribution in [0.4, 0.5) is 8.78 Å². The molecule has 0 radical (unpaired) electrons. The molecule has 0 aliphatic heterocycles. The van der Waals surface area contributed by atoms with E-state index in [1.54, 1.807) is 31.2 Å². The standard InChI is InChI=1S/C20H18ClF2NO3/c1-3-27-20(26)19(14-8-9-16(22)17(23)12-14)24(2)18(25)10-7-13-5-4-6-15(21)11-13/h4-12,19H,3H2,1-2H3/b10-7+/t19-/m0/s1. The van der Waals surface area contributed by atoms with Crippen molar-refractivity contribution in [2.45, 2.75) is 13.0 Å². The molecule has 0 aromatic heterocycles. The number of carbonyl (C=O) groups excluding carboxylic acids is 2. The summed E-state index contributed by atoms with van der Waals surface area (Å²) < 4.78 is 31.8. The van der Waals surface area contributed by atoms with Crippen LogP contribution in [-0.2, 0) is 14.3 Å². The molecule has 7 heteroatoms. The monoisotopic (exact) mass is 393 g/mol. The van der Waals surface area contributed by atoms with E-state index < -0.39 is 29.6 Å². The van der Waals surface area contributed by atoms with Crippen LogP contribution in [-0.4, -0.2) is 30.4 Å². The van der Waals surface area contributed by atoms with Gasteiger partial charge in [0.15, 0.2) is 17.7 Å². The number of benzene rings is 2. The molecule has 142 valence electrons. The van der Waals surface area contributed by atoms with Crippen molar-refractivity contribution in [3.63, 3.8) is 0 Å². The largest absolute Gasteiger partial charge is 0.464 e. The third-order valence-corrected chi connectivity index (χ3v) is 4.01. The van der Waals surface area contributed by atoms with Crippen LogP contribution in [0, 0.1) is 11.6 Å². The zero-order valence-corrected chi connectivity index (χ0v) is 15.5. The molecule has 1 atom stereocenters. The van der Waals surface area contributed by atoms with Crippen molar-refractivity contribution < 1.29 is 23.1 Å². The van der Waals surface area contributed by atoms with E-state index in [-0.39, 0.29) is 12.2 Å². The van der Waals surface area contributed by atoms with Gasteiger partial charge in [-0.05, 0) is 48.4 Å². The average Bonchev–Trinajstić information content (AvgIpc) is 2.63. The van der Waals surface area contributed by atoms with Crippen molar-refractivity contribution in [3.05, 3.63) is 76.3 Å². The first-order valence-corrected chi connectivity index (χ1v) is 8.53. The lowest BCUT2D eigenvalue weighted by Gasteiger charge is -2.26. The molecule has 0 spiro atoms. The molecule has 0 aliphatic carbocycles. The molecule has 0 saturated heterocycles. The zero-order valence-electron chi connectivity index (χ0n) is 14.8. The molecule has 0 heterocycles.